The van der Waals surface area contributed by atoms with Crippen LogP contribution in [0.1, 0.15) is 51.4 Å². The zero-order valence-corrected chi connectivity index (χ0v) is 10.2. The van der Waals surface area contributed by atoms with Crippen LogP contribution in [0.5, 0.6) is 0 Å². The minimum absolute atomic E-state index is 0.574. The van der Waals surface area contributed by atoms with Gasteiger partial charge in [-0.15, -0.1) is 0 Å². The van der Waals surface area contributed by atoms with E-state index in [0.29, 0.717) is 5.92 Å². The highest BCUT2D eigenvalue weighted by Gasteiger charge is 2.28. The molecule has 1 saturated carbocycles. The third-order valence-electron chi connectivity index (χ3n) is 4.15. The molecule has 2 fully saturated rings. The van der Waals surface area contributed by atoms with Crippen molar-refractivity contribution in [2.45, 2.75) is 57.4 Å². The van der Waals surface area contributed by atoms with Gasteiger partial charge in [-0.3, -0.25) is 0 Å². The summed E-state index contributed by atoms with van der Waals surface area (Å²) in [5.41, 5.74) is 1.31. The van der Waals surface area contributed by atoms with Crippen LogP contribution >= 0.6 is 0 Å². The Hall–Kier alpha value is -0.790. The zero-order chi connectivity index (χ0) is 11.4. The zero-order valence-electron chi connectivity index (χ0n) is 10.2. The monoisotopic (exact) mass is 221 g/mol. The Morgan fingerprint density at radius 1 is 1.25 bits per heavy atom. The number of aldehydes is 1. The van der Waals surface area contributed by atoms with E-state index < -0.39 is 0 Å². The highest BCUT2D eigenvalue weighted by atomic mass is 16.1. The summed E-state index contributed by atoms with van der Waals surface area (Å²) in [6, 6.07) is 0.718. The Bertz CT molecular complexity index is 255. The number of carbonyl (C=O) groups excluding carboxylic acids is 1. The van der Waals surface area contributed by atoms with Crippen molar-refractivity contribution in [3.63, 3.8) is 0 Å². The molecule has 16 heavy (non-hydrogen) atoms. The standard InChI is InChI=1S/C14H23NO/c1-12-7-8-13(9-10-16)11-15(12)14-5-3-2-4-6-14/h10,13-14H,1-9,11H2/t13-/m0/s1. The van der Waals surface area contributed by atoms with Crippen molar-refractivity contribution in [3.05, 3.63) is 12.3 Å². The molecule has 1 atom stereocenters. The first-order chi connectivity index (χ1) is 7.81. The van der Waals surface area contributed by atoms with Crippen molar-refractivity contribution in [1.82, 2.24) is 4.90 Å². The second kappa shape index (κ2) is 5.51. The van der Waals surface area contributed by atoms with Gasteiger partial charge in [-0.1, -0.05) is 25.8 Å². The fourth-order valence-electron chi connectivity index (χ4n) is 3.14. The number of hydrogen-bond donors (Lipinski definition) is 0. The summed E-state index contributed by atoms with van der Waals surface area (Å²) < 4.78 is 0. The molecule has 0 spiro atoms. The Morgan fingerprint density at radius 2 is 2.00 bits per heavy atom. The van der Waals surface area contributed by atoms with Crippen LogP contribution in [0.25, 0.3) is 0 Å². The van der Waals surface area contributed by atoms with Gasteiger partial charge in [0.05, 0.1) is 0 Å². The first-order valence-corrected chi connectivity index (χ1v) is 6.69. The Labute approximate surface area is 98.7 Å². The minimum atomic E-state index is 0.574. The minimum Gasteiger partial charge on any atom is -0.372 e. The molecule has 0 aromatic heterocycles. The number of piperidine rings is 1. The molecule has 1 aliphatic carbocycles. The van der Waals surface area contributed by atoms with Crippen molar-refractivity contribution >= 4 is 6.29 Å². The average molecular weight is 221 g/mol. The van der Waals surface area contributed by atoms with Gasteiger partial charge in [0.25, 0.3) is 0 Å². The van der Waals surface area contributed by atoms with E-state index in [1.165, 1.54) is 37.8 Å². The van der Waals surface area contributed by atoms with Crippen molar-refractivity contribution in [3.8, 4) is 0 Å². The van der Waals surface area contributed by atoms with Gasteiger partial charge in [-0.05, 0) is 31.6 Å². The van der Waals surface area contributed by atoms with E-state index in [4.69, 9.17) is 0 Å². The highest BCUT2D eigenvalue weighted by molar-refractivity contribution is 5.49. The van der Waals surface area contributed by atoms with Crippen molar-refractivity contribution in [2.24, 2.45) is 5.92 Å². The van der Waals surface area contributed by atoms with Gasteiger partial charge in [0, 0.05) is 24.7 Å². The predicted octanol–water partition coefficient (Wildman–Crippen LogP) is 3.13. The summed E-state index contributed by atoms with van der Waals surface area (Å²) >= 11 is 0. The third kappa shape index (κ3) is 2.66. The normalized spacial score (nSPS) is 28.1. The lowest BCUT2D eigenvalue weighted by Gasteiger charge is -2.42. The summed E-state index contributed by atoms with van der Waals surface area (Å²) in [5, 5.41) is 0. The van der Waals surface area contributed by atoms with Crippen LogP contribution in [-0.4, -0.2) is 23.8 Å². The van der Waals surface area contributed by atoms with E-state index in [1.807, 2.05) is 0 Å². The van der Waals surface area contributed by atoms with Crippen LogP contribution in [0.2, 0.25) is 0 Å². The lowest BCUT2D eigenvalue weighted by molar-refractivity contribution is -0.109. The molecule has 0 N–H and O–H groups in total. The van der Waals surface area contributed by atoms with Crippen LogP contribution in [0.4, 0.5) is 0 Å². The molecule has 2 rings (SSSR count). The van der Waals surface area contributed by atoms with E-state index >= 15 is 0 Å². The van der Waals surface area contributed by atoms with Gasteiger partial charge in [-0.2, -0.15) is 0 Å². The number of carbonyl (C=O) groups is 1. The maximum Gasteiger partial charge on any atom is 0.120 e. The first kappa shape index (κ1) is 11.7. The SMILES string of the molecule is C=C1CC[C@@H](CC=O)CN1C1CCCCC1. The smallest absolute Gasteiger partial charge is 0.120 e. The third-order valence-corrected chi connectivity index (χ3v) is 4.15. The van der Waals surface area contributed by atoms with E-state index in [-0.39, 0.29) is 0 Å². The lowest BCUT2D eigenvalue weighted by atomic mass is 9.88. The molecule has 1 aliphatic heterocycles. The van der Waals surface area contributed by atoms with Crippen LogP contribution in [0.15, 0.2) is 12.3 Å². The largest absolute Gasteiger partial charge is 0.372 e. The molecule has 0 aromatic rings. The number of nitrogens with zero attached hydrogens (tertiary/aromatic N) is 1. The lowest BCUT2D eigenvalue weighted by Crippen LogP contribution is -2.42. The maximum absolute atomic E-state index is 10.6. The second-order valence-electron chi connectivity index (χ2n) is 5.32. The van der Waals surface area contributed by atoms with E-state index in [9.17, 15) is 4.79 Å². The molecular formula is C14H23NO. The molecule has 2 nitrogen and oxygen atoms in total. The molecule has 0 aromatic carbocycles. The topological polar surface area (TPSA) is 20.3 Å². The Morgan fingerprint density at radius 3 is 2.69 bits per heavy atom. The second-order valence-corrected chi connectivity index (χ2v) is 5.32. The molecule has 0 amide bonds. The number of hydrogen-bond acceptors (Lipinski definition) is 2. The molecular weight excluding hydrogens is 198 g/mol. The molecule has 1 heterocycles. The number of rotatable bonds is 3. The van der Waals surface area contributed by atoms with Gasteiger partial charge in [-0.25, -0.2) is 0 Å². The van der Waals surface area contributed by atoms with Gasteiger partial charge in [0.2, 0.25) is 0 Å². The number of likely N-dealkylation sites (tertiary alicyclic amines) is 1. The molecule has 0 unspecified atom stereocenters. The maximum atomic E-state index is 10.6. The quantitative estimate of drug-likeness (QED) is 0.682. The Kier molecular flexibility index (Phi) is 4.03. The summed E-state index contributed by atoms with van der Waals surface area (Å²) in [7, 11) is 0. The van der Waals surface area contributed by atoms with Crippen LogP contribution in [0.3, 0.4) is 0 Å². The summed E-state index contributed by atoms with van der Waals surface area (Å²) in [6.45, 7) is 5.27. The van der Waals surface area contributed by atoms with Crippen LogP contribution < -0.4 is 0 Å². The van der Waals surface area contributed by atoms with Crippen molar-refractivity contribution in [1.29, 1.82) is 0 Å². The summed E-state index contributed by atoms with van der Waals surface area (Å²) in [5.74, 6) is 0.574. The van der Waals surface area contributed by atoms with E-state index in [2.05, 4.69) is 11.5 Å². The molecule has 1 saturated heterocycles. The summed E-state index contributed by atoms with van der Waals surface area (Å²) in [4.78, 5) is 13.1. The Balaban J connectivity index is 1.94. The number of allylic oxidation sites excluding steroid dienone is 1. The van der Waals surface area contributed by atoms with E-state index in [0.717, 1.165) is 38.1 Å². The molecule has 0 bridgehead atoms. The average Bonchev–Trinajstić information content (AvgIpc) is 2.33. The van der Waals surface area contributed by atoms with Crippen molar-refractivity contribution in [2.75, 3.05) is 6.54 Å². The highest BCUT2D eigenvalue weighted by Crippen LogP contribution is 2.32. The van der Waals surface area contributed by atoms with Crippen LogP contribution in [0, 0.1) is 5.92 Å². The first-order valence-electron chi connectivity index (χ1n) is 6.69. The molecule has 2 aliphatic rings. The van der Waals surface area contributed by atoms with E-state index in [1.54, 1.807) is 0 Å². The molecule has 0 radical (unpaired) electrons. The fourth-order valence-corrected chi connectivity index (χ4v) is 3.14. The van der Waals surface area contributed by atoms with Gasteiger partial charge in [0.15, 0.2) is 0 Å². The van der Waals surface area contributed by atoms with Crippen molar-refractivity contribution < 1.29 is 4.79 Å². The van der Waals surface area contributed by atoms with Gasteiger partial charge >= 0.3 is 0 Å². The van der Waals surface area contributed by atoms with Gasteiger partial charge in [0.1, 0.15) is 6.29 Å². The molecule has 2 heteroatoms. The molecule has 90 valence electrons. The predicted molar refractivity (Wildman–Crippen MR) is 66.1 cm³/mol. The van der Waals surface area contributed by atoms with Gasteiger partial charge < -0.3 is 9.69 Å². The van der Waals surface area contributed by atoms with Crippen LogP contribution in [-0.2, 0) is 4.79 Å². The summed E-state index contributed by atoms with van der Waals surface area (Å²) in [6.07, 6.45) is 10.8. The fraction of sp³-hybridized carbons (Fsp3) is 0.786.